The molecule has 1 aliphatic rings. The normalized spacial score (nSPS) is 15.1. The Morgan fingerprint density at radius 2 is 1.90 bits per heavy atom. The number of nitrogens with zero attached hydrogens (tertiary/aromatic N) is 4. The van der Waals surface area contributed by atoms with Crippen molar-refractivity contribution in [1.29, 1.82) is 0 Å². The van der Waals surface area contributed by atoms with E-state index in [4.69, 9.17) is 0 Å². The number of aryl methyl sites for hydroxylation is 1. The van der Waals surface area contributed by atoms with Crippen LogP contribution in [0.5, 0.6) is 0 Å². The van der Waals surface area contributed by atoms with Crippen LogP contribution < -0.4 is 15.5 Å². The Bertz CT molecular complexity index is 728. The maximum absolute atomic E-state index is 4.65. The van der Waals surface area contributed by atoms with Crippen LogP contribution >= 0.6 is 35.3 Å². The zero-order chi connectivity index (χ0) is 19.6. The maximum Gasteiger partial charge on any atom is 0.191 e. The number of aromatic nitrogens is 1. The van der Waals surface area contributed by atoms with Crippen molar-refractivity contribution in [3.63, 3.8) is 0 Å². The zero-order valence-electron chi connectivity index (χ0n) is 17.4. The van der Waals surface area contributed by atoms with Gasteiger partial charge < -0.3 is 15.5 Å². The van der Waals surface area contributed by atoms with Gasteiger partial charge in [0.1, 0.15) is 5.01 Å². The summed E-state index contributed by atoms with van der Waals surface area (Å²) >= 11 is 1.71. The van der Waals surface area contributed by atoms with Crippen molar-refractivity contribution in [2.24, 2.45) is 4.99 Å². The zero-order valence-corrected chi connectivity index (χ0v) is 20.6. The summed E-state index contributed by atoms with van der Waals surface area (Å²) in [7, 11) is 0. The van der Waals surface area contributed by atoms with Crippen LogP contribution in [0.4, 0.5) is 5.69 Å². The average molecular weight is 529 g/mol. The average Bonchev–Trinajstić information content (AvgIpc) is 3.15. The summed E-state index contributed by atoms with van der Waals surface area (Å²) < 4.78 is 0. The van der Waals surface area contributed by atoms with Gasteiger partial charge in [-0.05, 0) is 38.9 Å². The Balaban J connectivity index is 0.00000300. The first-order chi connectivity index (χ1) is 13.7. The van der Waals surface area contributed by atoms with Crippen molar-refractivity contribution in [3.8, 4) is 0 Å². The summed E-state index contributed by atoms with van der Waals surface area (Å²) in [5.41, 5.74) is 1.34. The molecule has 0 radical (unpaired) electrons. The number of halogens is 1. The number of piperazine rings is 1. The van der Waals surface area contributed by atoms with Gasteiger partial charge in [0, 0.05) is 56.0 Å². The first-order valence-electron chi connectivity index (χ1n) is 10.2. The largest absolute Gasteiger partial charge is 0.369 e. The molecule has 0 amide bonds. The van der Waals surface area contributed by atoms with Crippen LogP contribution in [0.15, 0.2) is 41.5 Å². The van der Waals surface area contributed by atoms with Crippen LogP contribution in [0.1, 0.15) is 23.2 Å². The quantitative estimate of drug-likeness (QED) is 0.238. The third kappa shape index (κ3) is 8.10. The van der Waals surface area contributed by atoms with Gasteiger partial charge in [-0.3, -0.25) is 4.90 Å². The molecule has 8 heteroatoms. The van der Waals surface area contributed by atoms with E-state index in [9.17, 15) is 0 Å². The maximum atomic E-state index is 4.65. The van der Waals surface area contributed by atoms with Gasteiger partial charge in [-0.15, -0.1) is 35.3 Å². The summed E-state index contributed by atoms with van der Waals surface area (Å²) in [4.78, 5) is 15.3. The molecule has 0 saturated carbocycles. The second kappa shape index (κ2) is 13.0. The lowest BCUT2D eigenvalue weighted by molar-refractivity contribution is 0.255. The van der Waals surface area contributed by atoms with Gasteiger partial charge in [0.2, 0.25) is 0 Å². The Labute approximate surface area is 195 Å². The van der Waals surface area contributed by atoms with Crippen molar-refractivity contribution in [2.75, 3.05) is 50.7 Å². The van der Waals surface area contributed by atoms with Gasteiger partial charge >= 0.3 is 0 Å². The Morgan fingerprint density at radius 3 is 2.55 bits per heavy atom. The molecular weight excluding hydrogens is 495 g/mol. The lowest BCUT2D eigenvalue weighted by Gasteiger charge is -2.36. The van der Waals surface area contributed by atoms with Gasteiger partial charge in [-0.25, -0.2) is 9.98 Å². The summed E-state index contributed by atoms with van der Waals surface area (Å²) in [6, 6.07) is 10.7. The van der Waals surface area contributed by atoms with Crippen LogP contribution in [-0.2, 0) is 6.54 Å². The van der Waals surface area contributed by atoms with Crippen LogP contribution in [0.25, 0.3) is 0 Å². The number of benzene rings is 1. The molecule has 0 atom stereocenters. The lowest BCUT2D eigenvalue weighted by Crippen LogP contribution is -2.47. The number of thiazole rings is 1. The topological polar surface area (TPSA) is 55.8 Å². The van der Waals surface area contributed by atoms with Gasteiger partial charge in [0.15, 0.2) is 5.96 Å². The minimum Gasteiger partial charge on any atom is -0.369 e. The molecule has 1 aromatic heterocycles. The molecule has 1 aliphatic heterocycles. The number of anilines is 1. The number of aliphatic imine (C=N–C) groups is 1. The van der Waals surface area contributed by atoms with Crippen LogP contribution in [0.3, 0.4) is 0 Å². The second-order valence-corrected chi connectivity index (χ2v) is 8.32. The van der Waals surface area contributed by atoms with Crippen molar-refractivity contribution in [2.45, 2.75) is 26.8 Å². The van der Waals surface area contributed by atoms with Crippen molar-refractivity contribution >= 4 is 47.0 Å². The first kappa shape index (κ1) is 23.9. The molecular formula is C21H33IN6S. The fourth-order valence-electron chi connectivity index (χ4n) is 3.34. The third-order valence-corrected chi connectivity index (χ3v) is 5.72. The molecule has 2 N–H and O–H groups in total. The molecule has 3 rings (SSSR count). The molecule has 0 spiro atoms. The number of hydrogen-bond acceptors (Lipinski definition) is 5. The molecule has 0 bridgehead atoms. The number of guanidine groups is 1. The lowest BCUT2D eigenvalue weighted by atomic mass is 10.2. The molecule has 1 aromatic carbocycles. The Hall–Kier alpha value is -1.39. The van der Waals surface area contributed by atoms with Gasteiger partial charge in [0.05, 0.1) is 6.54 Å². The minimum absolute atomic E-state index is 0. The third-order valence-electron chi connectivity index (χ3n) is 4.82. The highest BCUT2D eigenvalue weighted by atomic mass is 127. The fourth-order valence-corrected chi connectivity index (χ4v) is 4.05. The van der Waals surface area contributed by atoms with Crippen LogP contribution in [-0.4, -0.2) is 61.7 Å². The van der Waals surface area contributed by atoms with Crippen molar-refractivity contribution in [3.05, 3.63) is 46.4 Å². The van der Waals surface area contributed by atoms with E-state index in [1.165, 1.54) is 10.6 Å². The predicted octanol–water partition coefficient (Wildman–Crippen LogP) is 3.34. The van der Waals surface area contributed by atoms with E-state index in [-0.39, 0.29) is 24.0 Å². The number of nitrogens with one attached hydrogen (secondary N) is 2. The molecule has 160 valence electrons. The van der Waals surface area contributed by atoms with Gasteiger partial charge in [-0.1, -0.05) is 18.2 Å². The smallest absolute Gasteiger partial charge is 0.191 e. The summed E-state index contributed by atoms with van der Waals surface area (Å²) in [5.74, 6) is 0.879. The highest BCUT2D eigenvalue weighted by molar-refractivity contribution is 14.0. The molecule has 0 unspecified atom stereocenters. The molecule has 29 heavy (non-hydrogen) atoms. The second-order valence-electron chi connectivity index (χ2n) is 7.00. The van der Waals surface area contributed by atoms with Gasteiger partial charge in [-0.2, -0.15) is 0 Å². The highest BCUT2D eigenvalue weighted by Crippen LogP contribution is 2.15. The summed E-state index contributed by atoms with van der Waals surface area (Å²) in [6.45, 7) is 12.2. The number of para-hydroxylation sites is 1. The molecule has 2 aromatic rings. The molecule has 6 nitrogen and oxygen atoms in total. The van der Waals surface area contributed by atoms with Crippen molar-refractivity contribution in [1.82, 2.24) is 20.5 Å². The van der Waals surface area contributed by atoms with Crippen LogP contribution in [0, 0.1) is 6.92 Å². The molecule has 1 saturated heterocycles. The van der Waals surface area contributed by atoms with E-state index in [1.807, 2.05) is 6.20 Å². The van der Waals surface area contributed by atoms with E-state index >= 15 is 0 Å². The van der Waals surface area contributed by atoms with E-state index in [0.717, 1.165) is 63.2 Å². The monoisotopic (exact) mass is 528 g/mol. The van der Waals surface area contributed by atoms with E-state index in [0.29, 0.717) is 6.54 Å². The summed E-state index contributed by atoms with van der Waals surface area (Å²) in [5, 5.41) is 7.83. The van der Waals surface area contributed by atoms with E-state index in [1.54, 1.807) is 11.3 Å². The van der Waals surface area contributed by atoms with Crippen LogP contribution in [0.2, 0.25) is 0 Å². The number of hydrogen-bond donors (Lipinski definition) is 2. The van der Waals surface area contributed by atoms with E-state index < -0.39 is 0 Å². The molecule has 2 heterocycles. The van der Waals surface area contributed by atoms with E-state index in [2.05, 4.69) is 74.6 Å². The number of rotatable bonds is 8. The van der Waals surface area contributed by atoms with Crippen molar-refractivity contribution < 1.29 is 0 Å². The Kier molecular flexibility index (Phi) is 10.7. The fraction of sp³-hybridized carbons (Fsp3) is 0.524. The Morgan fingerprint density at radius 1 is 1.14 bits per heavy atom. The highest BCUT2D eigenvalue weighted by Gasteiger charge is 2.16. The van der Waals surface area contributed by atoms with Gasteiger partial charge in [0.25, 0.3) is 0 Å². The standard InChI is InChI=1S/C21H32N6S.HI/c1-3-22-21(25-17-20-24-16-18(2)28-20)23-10-7-11-26-12-14-27(15-13-26)19-8-5-4-6-9-19;/h4-6,8-9,16H,3,7,10-15,17H2,1-2H3,(H2,22,23,25);1H. The molecule has 1 fully saturated rings. The predicted molar refractivity (Wildman–Crippen MR) is 135 cm³/mol. The summed E-state index contributed by atoms with van der Waals surface area (Å²) in [6.07, 6.45) is 3.03. The SMILES string of the molecule is CCNC(=NCc1ncc(C)s1)NCCCN1CCN(c2ccccc2)CC1.I. The first-order valence-corrected chi connectivity index (χ1v) is 11.0. The minimum atomic E-state index is 0. The molecule has 0 aliphatic carbocycles.